The van der Waals surface area contributed by atoms with E-state index in [0.717, 1.165) is 5.69 Å². The fraction of sp³-hybridized carbons (Fsp3) is 0. The van der Waals surface area contributed by atoms with Crippen molar-refractivity contribution in [1.82, 2.24) is 9.78 Å². The Labute approximate surface area is 141 Å². The average molecular weight is 340 g/mol. The maximum Gasteiger partial charge on any atom is 0.204 e. The molecule has 0 saturated heterocycles. The fourth-order valence-corrected chi connectivity index (χ4v) is 2.77. The third-order valence-corrected chi connectivity index (χ3v) is 4.09. The number of nitrogens with zero attached hydrogens (tertiary/aromatic N) is 3. The van der Waals surface area contributed by atoms with E-state index in [1.165, 1.54) is 11.3 Å². The lowest BCUT2D eigenvalue weighted by Crippen LogP contribution is -1.99. The van der Waals surface area contributed by atoms with E-state index in [1.807, 2.05) is 18.2 Å². The number of hydrogen-bond acceptors (Lipinski definition) is 4. The minimum absolute atomic E-state index is 0.0825. The van der Waals surface area contributed by atoms with Gasteiger partial charge in [-0.2, -0.15) is 21.7 Å². The molecular formula is C17H10ClN3OS. The summed E-state index contributed by atoms with van der Waals surface area (Å²) in [6.07, 6.45) is 4.90. The van der Waals surface area contributed by atoms with Crippen LogP contribution in [0.25, 0.3) is 11.8 Å². The molecule has 0 unspecified atom stereocenters. The van der Waals surface area contributed by atoms with Gasteiger partial charge in [0.05, 0.1) is 11.9 Å². The first-order chi connectivity index (χ1) is 11.2. The van der Waals surface area contributed by atoms with Gasteiger partial charge in [0, 0.05) is 27.7 Å². The molecule has 112 valence electrons. The van der Waals surface area contributed by atoms with Crippen molar-refractivity contribution in [3.63, 3.8) is 0 Å². The van der Waals surface area contributed by atoms with Crippen molar-refractivity contribution in [2.24, 2.45) is 0 Å². The summed E-state index contributed by atoms with van der Waals surface area (Å²) in [6, 6.07) is 10.9. The Morgan fingerprint density at radius 1 is 1.30 bits per heavy atom. The van der Waals surface area contributed by atoms with Crippen LogP contribution in [0.5, 0.6) is 0 Å². The van der Waals surface area contributed by atoms with Crippen LogP contribution in [0.4, 0.5) is 0 Å². The molecule has 2 heterocycles. The van der Waals surface area contributed by atoms with Crippen molar-refractivity contribution in [3.05, 3.63) is 75.2 Å². The van der Waals surface area contributed by atoms with E-state index in [-0.39, 0.29) is 11.4 Å². The van der Waals surface area contributed by atoms with Crippen molar-refractivity contribution >= 4 is 34.8 Å². The number of allylic oxidation sites excluding steroid dienone is 1. The van der Waals surface area contributed by atoms with E-state index in [1.54, 1.807) is 52.1 Å². The lowest BCUT2D eigenvalue weighted by molar-refractivity contribution is 0.104. The van der Waals surface area contributed by atoms with Gasteiger partial charge in [-0.05, 0) is 41.8 Å². The van der Waals surface area contributed by atoms with E-state index >= 15 is 0 Å². The van der Waals surface area contributed by atoms with Gasteiger partial charge in [-0.15, -0.1) is 0 Å². The number of thiophene rings is 1. The average Bonchev–Trinajstić information content (AvgIpc) is 3.24. The highest BCUT2D eigenvalue weighted by molar-refractivity contribution is 7.08. The number of Topliss-reactive ketones (excluding diaryl/α,β-unsaturated/α-hetero) is 1. The van der Waals surface area contributed by atoms with Gasteiger partial charge in [0.2, 0.25) is 5.78 Å². The van der Waals surface area contributed by atoms with Crippen molar-refractivity contribution < 1.29 is 4.79 Å². The molecule has 0 bridgehead atoms. The first-order valence-corrected chi connectivity index (χ1v) is 7.99. The van der Waals surface area contributed by atoms with Crippen LogP contribution >= 0.6 is 22.9 Å². The third-order valence-electron chi connectivity index (χ3n) is 3.15. The zero-order chi connectivity index (χ0) is 16.2. The molecule has 6 heteroatoms. The SMILES string of the molecule is N#C/C(=C/c1cnn(-c2ccc(Cl)cc2)c1)C(=O)c1ccsc1. The van der Waals surface area contributed by atoms with Crippen LogP contribution in [-0.4, -0.2) is 15.6 Å². The van der Waals surface area contributed by atoms with Gasteiger partial charge < -0.3 is 0 Å². The van der Waals surface area contributed by atoms with Crippen LogP contribution in [0.1, 0.15) is 15.9 Å². The second-order valence-electron chi connectivity index (χ2n) is 4.71. The van der Waals surface area contributed by atoms with Gasteiger partial charge in [0.1, 0.15) is 11.6 Å². The number of ketones is 1. The van der Waals surface area contributed by atoms with Gasteiger partial charge in [-0.1, -0.05) is 11.6 Å². The first kappa shape index (κ1) is 15.2. The minimum atomic E-state index is -0.284. The minimum Gasteiger partial charge on any atom is -0.288 e. The predicted octanol–water partition coefficient (Wildman–Crippen LogP) is 4.38. The number of benzene rings is 1. The highest BCUT2D eigenvalue weighted by Crippen LogP contribution is 2.17. The Hall–Kier alpha value is -2.68. The highest BCUT2D eigenvalue weighted by atomic mass is 35.5. The Kier molecular flexibility index (Phi) is 4.38. The van der Waals surface area contributed by atoms with Crippen LogP contribution in [0.2, 0.25) is 5.02 Å². The fourth-order valence-electron chi connectivity index (χ4n) is 2.01. The molecule has 0 fully saturated rings. The van der Waals surface area contributed by atoms with E-state index < -0.39 is 0 Å². The van der Waals surface area contributed by atoms with Gasteiger partial charge in [-0.3, -0.25) is 4.79 Å². The topological polar surface area (TPSA) is 58.7 Å². The van der Waals surface area contributed by atoms with Crippen molar-refractivity contribution in [1.29, 1.82) is 5.26 Å². The summed E-state index contributed by atoms with van der Waals surface area (Å²) in [5.41, 5.74) is 2.13. The zero-order valence-electron chi connectivity index (χ0n) is 11.8. The number of aromatic nitrogens is 2. The molecule has 0 N–H and O–H groups in total. The molecule has 3 rings (SSSR count). The van der Waals surface area contributed by atoms with Crippen molar-refractivity contribution in [3.8, 4) is 11.8 Å². The molecule has 0 aliphatic heterocycles. The van der Waals surface area contributed by atoms with Crippen LogP contribution in [-0.2, 0) is 0 Å². The number of halogens is 1. The lowest BCUT2D eigenvalue weighted by atomic mass is 10.1. The molecule has 23 heavy (non-hydrogen) atoms. The molecule has 0 saturated carbocycles. The van der Waals surface area contributed by atoms with Crippen LogP contribution < -0.4 is 0 Å². The lowest BCUT2D eigenvalue weighted by Gasteiger charge is -2.00. The van der Waals surface area contributed by atoms with E-state index in [4.69, 9.17) is 11.6 Å². The molecule has 1 aromatic carbocycles. The Morgan fingerprint density at radius 2 is 2.09 bits per heavy atom. The summed E-state index contributed by atoms with van der Waals surface area (Å²) in [4.78, 5) is 12.2. The van der Waals surface area contributed by atoms with Gasteiger partial charge in [-0.25, -0.2) is 4.68 Å². The largest absolute Gasteiger partial charge is 0.288 e. The highest BCUT2D eigenvalue weighted by Gasteiger charge is 2.13. The molecule has 0 amide bonds. The molecule has 0 atom stereocenters. The van der Waals surface area contributed by atoms with Crippen LogP contribution in [0, 0.1) is 11.3 Å². The molecule has 3 aromatic rings. The first-order valence-electron chi connectivity index (χ1n) is 6.66. The molecular weight excluding hydrogens is 330 g/mol. The summed E-state index contributed by atoms with van der Waals surface area (Å²) in [5, 5.41) is 17.6. The summed E-state index contributed by atoms with van der Waals surface area (Å²) < 4.78 is 1.66. The normalized spacial score (nSPS) is 11.2. The van der Waals surface area contributed by atoms with Crippen LogP contribution in [0.3, 0.4) is 0 Å². The van der Waals surface area contributed by atoms with Gasteiger partial charge in [0.15, 0.2) is 0 Å². The quantitative estimate of drug-likeness (QED) is 0.402. The smallest absolute Gasteiger partial charge is 0.204 e. The van der Waals surface area contributed by atoms with Gasteiger partial charge >= 0.3 is 0 Å². The molecule has 0 aliphatic rings. The second kappa shape index (κ2) is 6.61. The molecule has 4 nitrogen and oxygen atoms in total. The summed E-state index contributed by atoms with van der Waals surface area (Å²) >= 11 is 7.28. The van der Waals surface area contributed by atoms with E-state index in [2.05, 4.69) is 5.10 Å². The maximum absolute atomic E-state index is 12.2. The van der Waals surface area contributed by atoms with E-state index in [9.17, 15) is 10.1 Å². The molecule has 0 spiro atoms. The third kappa shape index (κ3) is 3.39. The monoisotopic (exact) mass is 339 g/mol. The van der Waals surface area contributed by atoms with E-state index in [0.29, 0.717) is 16.1 Å². The number of nitriles is 1. The molecule has 0 aliphatic carbocycles. The van der Waals surface area contributed by atoms with Crippen molar-refractivity contribution in [2.45, 2.75) is 0 Å². The number of carbonyl (C=O) groups excluding carboxylic acids is 1. The Bertz CT molecular complexity index is 902. The standard InChI is InChI=1S/C17H10ClN3OS/c18-15-1-3-16(4-2-15)21-10-12(9-20-21)7-14(8-19)17(22)13-5-6-23-11-13/h1-7,9-11H/b14-7-. The molecule has 0 radical (unpaired) electrons. The summed E-state index contributed by atoms with van der Waals surface area (Å²) in [7, 11) is 0. The van der Waals surface area contributed by atoms with Gasteiger partial charge in [0.25, 0.3) is 0 Å². The van der Waals surface area contributed by atoms with Crippen molar-refractivity contribution in [2.75, 3.05) is 0 Å². The maximum atomic E-state index is 12.2. The Balaban J connectivity index is 1.89. The number of carbonyl (C=O) groups is 1. The Morgan fingerprint density at radius 3 is 2.74 bits per heavy atom. The second-order valence-corrected chi connectivity index (χ2v) is 5.92. The zero-order valence-corrected chi connectivity index (χ0v) is 13.4. The molecule has 2 aromatic heterocycles. The predicted molar refractivity (Wildman–Crippen MR) is 90.8 cm³/mol. The summed E-state index contributed by atoms with van der Waals surface area (Å²) in [5.74, 6) is -0.284. The van der Waals surface area contributed by atoms with Crippen LogP contribution in [0.15, 0.2) is 59.1 Å². The summed E-state index contributed by atoms with van der Waals surface area (Å²) in [6.45, 7) is 0. The number of rotatable bonds is 4. The number of hydrogen-bond donors (Lipinski definition) is 0.